The summed E-state index contributed by atoms with van der Waals surface area (Å²) >= 11 is 0. The van der Waals surface area contributed by atoms with E-state index in [4.69, 9.17) is 0 Å². The van der Waals surface area contributed by atoms with Crippen molar-refractivity contribution in [3.8, 4) is 0 Å². The van der Waals surface area contributed by atoms with Crippen molar-refractivity contribution in [3.05, 3.63) is 72.2 Å². The highest BCUT2D eigenvalue weighted by molar-refractivity contribution is 5.82. The number of aryl methyl sites for hydroxylation is 1. The summed E-state index contributed by atoms with van der Waals surface area (Å²) in [7, 11) is 0. The van der Waals surface area contributed by atoms with Crippen LogP contribution >= 0.6 is 0 Å². The Morgan fingerprint density at radius 2 is 1.81 bits per heavy atom. The van der Waals surface area contributed by atoms with E-state index in [0.29, 0.717) is 6.04 Å². The molecule has 0 radical (unpaired) electrons. The molecule has 0 fully saturated rings. The maximum atomic E-state index is 4.17. The van der Waals surface area contributed by atoms with Gasteiger partial charge >= 0.3 is 0 Å². The van der Waals surface area contributed by atoms with Crippen LogP contribution in [0.3, 0.4) is 0 Å². The van der Waals surface area contributed by atoms with Crippen molar-refractivity contribution in [3.63, 3.8) is 0 Å². The van der Waals surface area contributed by atoms with Crippen molar-refractivity contribution in [2.45, 2.75) is 45.2 Å². The number of hydrogen-bond acceptors (Lipinski definition) is 3. The van der Waals surface area contributed by atoms with Gasteiger partial charge in [0, 0.05) is 35.8 Å². The predicted molar refractivity (Wildman–Crippen MR) is 112 cm³/mol. The number of pyridine rings is 1. The van der Waals surface area contributed by atoms with Gasteiger partial charge in [0.15, 0.2) is 0 Å². The van der Waals surface area contributed by atoms with E-state index >= 15 is 0 Å². The van der Waals surface area contributed by atoms with Crippen LogP contribution in [0.4, 0.5) is 0 Å². The van der Waals surface area contributed by atoms with Crippen LogP contribution in [0.1, 0.15) is 37.3 Å². The van der Waals surface area contributed by atoms with Gasteiger partial charge in [0.05, 0.1) is 11.7 Å². The standard InChI is InChI=1S/C23H26N4/c1-17(25-14-19-6-8-21-15-24-11-10-20(21)13-19)4-2-3-5-18-7-9-23-22(12-18)16-26-27-23/h6-13,15-17,25H,2-5,14H2,1H3,(H,26,27)/t17-/m1/s1. The molecule has 1 atom stereocenters. The van der Waals surface area contributed by atoms with Gasteiger partial charge in [-0.2, -0.15) is 5.10 Å². The monoisotopic (exact) mass is 358 g/mol. The van der Waals surface area contributed by atoms with Gasteiger partial charge in [0.25, 0.3) is 0 Å². The third-order valence-corrected chi connectivity index (χ3v) is 5.22. The molecule has 4 aromatic rings. The lowest BCUT2D eigenvalue weighted by Gasteiger charge is -2.14. The second kappa shape index (κ2) is 8.31. The lowest BCUT2D eigenvalue weighted by Crippen LogP contribution is -2.25. The first-order valence-electron chi connectivity index (χ1n) is 9.76. The van der Waals surface area contributed by atoms with Crippen LogP contribution < -0.4 is 5.32 Å². The fourth-order valence-electron chi connectivity index (χ4n) is 3.56. The smallest absolute Gasteiger partial charge is 0.0650 e. The van der Waals surface area contributed by atoms with E-state index in [2.05, 4.69) is 69.9 Å². The summed E-state index contributed by atoms with van der Waals surface area (Å²) in [6.45, 7) is 3.19. The molecule has 2 heterocycles. The minimum Gasteiger partial charge on any atom is -0.310 e. The average Bonchev–Trinajstić information content (AvgIpc) is 3.17. The lowest BCUT2D eigenvalue weighted by atomic mass is 10.0. The second-order valence-electron chi connectivity index (χ2n) is 7.38. The maximum Gasteiger partial charge on any atom is 0.0650 e. The van der Waals surface area contributed by atoms with Crippen molar-refractivity contribution in [2.24, 2.45) is 0 Å². The lowest BCUT2D eigenvalue weighted by molar-refractivity contribution is 0.489. The molecule has 0 unspecified atom stereocenters. The summed E-state index contributed by atoms with van der Waals surface area (Å²) in [6, 6.07) is 15.8. The molecule has 2 aromatic carbocycles. The van der Waals surface area contributed by atoms with Crippen LogP contribution in [0, 0.1) is 0 Å². The third kappa shape index (κ3) is 4.52. The Morgan fingerprint density at radius 3 is 2.78 bits per heavy atom. The molecule has 4 rings (SSSR count). The Morgan fingerprint density at radius 1 is 0.926 bits per heavy atom. The van der Waals surface area contributed by atoms with Gasteiger partial charge in [0.1, 0.15) is 0 Å². The van der Waals surface area contributed by atoms with Crippen molar-refractivity contribution in [1.82, 2.24) is 20.5 Å². The van der Waals surface area contributed by atoms with Gasteiger partial charge in [-0.25, -0.2) is 0 Å². The second-order valence-corrected chi connectivity index (χ2v) is 7.38. The van der Waals surface area contributed by atoms with Crippen molar-refractivity contribution >= 4 is 21.7 Å². The number of aromatic amines is 1. The number of unbranched alkanes of at least 4 members (excludes halogenated alkanes) is 1. The van der Waals surface area contributed by atoms with Gasteiger partial charge in [0.2, 0.25) is 0 Å². The zero-order chi connectivity index (χ0) is 18.5. The van der Waals surface area contributed by atoms with Crippen molar-refractivity contribution in [2.75, 3.05) is 0 Å². The third-order valence-electron chi connectivity index (χ3n) is 5.22. The summed E-state index contributed by atoms with van der Waals surface area (Å²) in [5.74, 6) is 0. The molecular weight excluding hydrogens is 332 g/mol. The molecule has 4 heteroatoms. The summed E-state index contributed by atoms with van der Waals surface area (Å²) in [5, 5.41) is 14.4. The largest absolute Gasteiger partial charge is 0.310 e. The van der Waals surface area contributed by atoms with E-state index < -0.39 is 0 Å². The van der Waals surface area contributed by atoms with Crippen LogP contribution in [0.2, 0.25) is 0 Å². The summed E-state index contributed by atoms with van der Waals surface area (Å²) in [5.41, 5.74) is 3.84. The van der Waals surface area contributed by atoms with Crippen molar-refractivity contribution in [1.29, 1.82) is 0 Å². The first-order valence-corrected chi connectivity index (χ1v) is 9.76. The molecule has 2 N–H and O–H groups in total. The molecule has 2 aromatic heterocycles. The highest BCUT2D eigenvalue weighted by Crippen LogP contribution is 2.16. The molecule has 0 bridgehead atoms. The van der Waals surface area contributed by atoms with Crippen LogP contribution in [-0.4, -0.2) is 21.2 Å². The minimum absolute atomic E-state index is 0.523. The number of hydrogen-bond donors (Lipinski definition) is 2. The average molecular weight is 358 g/mol. The van der Waals surface area contributed by atoms with E-state index in [1.807, 2.05) is 18.6 Å². The molecule has 0 saturated carbocycles. The molecule has 0 spiro atoms. The van der Waals surface area contributed by atoms with Crippen LogP contribution in [0.15, 0.2) is 61.1 Å². The van der Waals surface area contributed by atoms with E-state index in [-0.39, 0.29) is 0 Å². The predicted octanol–water partition coefficient (Wildman–Crippen LogP) is 5.00. The number of benzene rings is 2. The van der Waals surface area contributed by atoms with Gasteiger partial charge in [-0.15, -0.1) is 0 Å². The number of H-pyrrole nitrogens is 1. The number of rotatable bonds is 8. The van der Waals surface area contributed by atoms with E-state index in [0.717, 1.165) is 18.5 Å². The number of nitrogens with zero attached hydrogens (tertiary/aromatic N) is 2. The van der Waals surface area contributed by atoms with E-state index in [1.54, 1.807) is 0 Å². The molecule has 0 aliphatic heterocycles. The Balaban J connectivity index is 1.20. The van der Waals surface area contributed by atoms with Gasteiger partial charge in [-0.1, -0.05) is 24.6 Å². The zero-order valence-electron chi connectivity index (χ0n) is 15.8. The molecule has 0 amide bonds. The number of fused-ring (bicyclic) bond motifs is 2. The fourth-order valence-corrected chi connectivity index (χ4v) is 3.56. The maximum absolute atomic E-state index is 4.17. The summed E-state index contributed by atoms with van der Waals surface area (Å²) in [4.78, 5) is 4.17. The highest BCUT2D eigenvalue weighted by Gasteiger charge is 2.04. The van der Waals surface area contributed by atoms with Gasteiger partial charge in [-0.3, -0.25) is 10.1 Å². The zero-order valence-corrected chi connectivity index (χ0v) is 15.8. The van der Waals surface area contributed by atoms with E-state index in [1.165, 1.54) is 46.5 Å². The van der Waals surface area contributed by atoms with Gasteiger partial charge < -0.3 is 5.32 Å². The number of aromatic nitrogens is 3. The quantitative estimate of drug-likeness (QED) is 0.436. The Bertz CT molecular complexity index is 1020. The highest BCUT2D eigenvalue weighted by atomic mass is 15.1. The Labute approximate surface area is 160 Å². The van der Waals surface area contributed by atoms with Crippen LogP contribution in [0.5, 0.6) is 0 Å². The number of nitrogens with one attached hydrogen (secondary N) is 2. The Kier molecular flexibility index (Phi) is 5.45. The first kappa shape index (κ1) is 17.7. The molecule has 138 valence electrons. The minimum atomic E-state index is 0.523. The molecule has 4 nitrogen and oxygen atoms in total. The molecule has 0 saturated heterocycles. The topological polar surface area (TPSA) is 53.6 Å². The van der Waals surface area contributed by atoms with Crippen molar-refractivity contribution < 1.29 is 0 Å². The summed E-state index contributed by atoms with van der Waals surface area (Å²) in [6.07, 6.45) is 10.5. The van der Waals surface area contributed by atoms with Crippen LogP contribution in [-0.2, 0) is 13.0 Å². The Hall–Kier alpha value is -2.72. The molecule has 0 aliphatic carbocycles. The summed E-state index contributed by atoms with van der Waals surface area (Å²) < 4.78 is 0. The first-order chi connectivity index (χ1) is 13.3. The molecule has 0 aliphatic rings. The van der Waals surface area contributed by atoms with Crippen LogP contribution in [0.25, 0.3) is 21.7 Å². The van der Waals surface area contributed by atoms with E-state index in [9.17, 15) is 0 Å². The molecule has 27 heavy (non-hydrogen) atoms. The fraction of sp³-hybridized carbons (Fsp3) is 0.304. The normalized spacial score (nSPS) is 12.6. The molecular formula is C23H26N4. The SMILES string of the molecule is C[C@H](CCCCc1ccc2[nH]ncc2c1)NCc1ccc2cnccc2c1. The van der Waals surface area contributed by atoms with Gasteiger partial charge in [-0.05, 0) is 67.0 Å².